The molecule has 0 aliphatic heterocycles. The molecule has 2 heteroatoms. The van der Waals surface area contributed by atoms with Gasteiger partial charge in [0.15, 0.2) is 0 Å². The summed E-state index contributed by atoms with van der Waals surface area (Å²) >= 11 is 0. The lowest BCUT2D eigenvalue weighted by atomic mass is 9.89. The lowest BCUT2D eigenvalue weighted by Gasteiger charge is -2.23. The Balaban J connectivity index is 2.01. The summed E-state index contributed by atoms with van der Waals surface area (Å²) < 4.78 is 0. The van der Waals surface area contributed by atoms with Crippen LogP contribution in [0.4, 0.5) is 0 Å². The van der Waals surface area contributed by atoms with E-state index < -0.39 is 0 Å². The number of nitrogens with zero attached hydrogens (tertiary/aromatic N) is 2. The van der Waals surface area contributed by atoms with Gasteiger partial charge < -0.3 is 4.90 Å². The molecule has 2 unspecified atom stereocenters. The van der Waals surface area contributed by atoms with Gasteiger partial charge in [-0.1, -0.05) is 42.8 Å². The average Bonchev–Trinajstić information content (AvgIpc) is 2.92. The zero-order valence-corrected chi connectivity index (χ0v) is 14.6. The molecule has 2 atom stereocenters. The Hall–Kier alpha value is -1.93. The van der Waals surface area contributed by atoms with Crippen LogP contribution in [0, 0.1) is 0 Å². The molecule has 2 aromatic rings. The van der Waals surface area contributed by atoms with Crippen molar-refractivity contribution in [3.8, 4) is 0 Å². The van der Waals surface area contributed by atoms with Gasteiger partial charge in [0.05, 0.1) is 0 Å². The van der Waals surface area contributed by atoms with Crippen LogP contribution in [0.5, 0.6) is 0 Å². The number of hydrogen-bond donors (Lipinski definition) is 0. The SMILES string of the molecule is CC(C1=C(CC(C)N(C)C)Cc2ccccc21)c1ccccn1. The third-order valence-corrected chi connectivity index (χ3v) is 5.08. The number of benzene rings is 1. The van der Waals surface area contributed by atoms with Crippen molar-refractivity contribution in [2.75, 3.05) is 14.1 Å². The maximum Gasteiger partial charge on any atom is 0.0475 e. The second kappa shape index (κ2) is 6.67. The van der Waals surface area contributed by atoms with Crippen molar-refractivity contribution < 1.29 is 0 Å². The van der Waals surface area contributed by atoms with Crippen molar-refractivity contribution in [2.45, 2.75) is 38.6 Å². The molecule has 3 rings (SSSR count). The minimum Gasteiger partial charge on any atom is -0.306 e. The Labute approximate surface area is 139 Å². The standard InChI is InChI=1S/C21H26N2/c1-15(23(3)4)13-18-14-17-9-5-6-10-19(17)21(18)16(2)20-11-7-8-12-22-20/h5-12,15-16H,13-14H2,1-4H3. The number of rotatable bonds is 5. The van der Waals surface area contributed by atoms with Gasteiger partial charge in [0, 0.05) is 23.9 Å². The zero-order valence-electron chi connectivity index (χ0n) is 14.6. The van der Waals surface area contributed by atoms with Crippen molar-refractivity contribution >= 4 is 5.57 Å². The summed E-state index contributed by atoms with van der Waals surface area (Å²) in [6.45, 7) is 4.60. The van der Waals surface area contributed by atoms with Crippen LogP contribution in [0.15, 0.2) is 54.2 Å². The smallest absolute Gasteiger partial charge is 0.0475 e. The summed E-state index contributed by atoms with van der Waals surface area (Å²) in [4.78, 5) is 6.90. The van der Waals surface area contributed by atoms with E-state index in [1.807, 2.05) is 12.3 Å². The molecule has 1 heterocycles. The number of aromatic nitrogens is 1. The van der Waals surface area contributed by atoms with E-state index in [9.17, 15) is 0 Å². The van der Waals surface area contributed by atoms with E-state index in [4.69, 9.17) is 0 Å². The summed E-state index contributed by atoms with van der Waals surface area (Å²) in [6, 6.07) is 15.6. The predicted octanol–water partition coefficient (Wildman–Crippen LogP) is 4.54. The van der Waals surface area contributed by atoms with Gasteiger partial charge in [-0.05, 0) is 62.7 Å². The van der Waals surface area contributed by atoms with E-state index in [0.717, 1.165) is 18.5 Å². The summed E-state index contributed by atoms with van der Waals surface area (Å²) in [5, 5.41) is 0. The third kappa shape index (κ3) is 3.23. The summed E-state index contributed by atoms with van der Waals surface area (Å²) in [5.41, 5.74) is 7.12. The largest absolute Gasteiger partial charge is 0.306 e. The van der Waals surface area contributed by atoms with Crippen molar-refractivity contribution in [2.24, 2.45) is 0 Å². The summed E-state index contributed by atoms with van der Waals surface area (Å²) in [7, 11) is 4.32. The Morgan fingerprint density at radius 1 is 1.04 bits per heavy atom. The molecule has 0 fully saturated rings. The lowest BCUT2D eigenvalue weighted by molar-refractivity contribution is 0.311. The molecule has 0 bridgehead atoms. The van der Waals surface area contributed by atoms with Crippen LogP contribution in [0.2, 0.25) is 0 Å². The Kier molecular flexibility index (Phi) is 4.63. The molecular formula is C21H26N2. The van der Waals surface area contributed by atoms with E-state index in [2.05, 4.69) is 74.2 Å². The van der Waals surface area contributed by atoms with Gasteiger partial charge in [0.2, 0.25) is 0 Å². The number of fused-ring (bicyclic) bond motifs is 1. The molecule has 1 aromatic heterocycles. The summed E-state index contributed by atoms with van der Waals surface area (Å²) in [6.07, 6.45) is 4.10. The van der Waals surface area contributed by atoms with Crippen LogP contribution in [0.25, 0.3) is 5.57 Å². The van der Waals surface area contributed by atoms with Crippen molar-refractivity contribution in [3.63, 3.8) is 0 Å². The molecule has 0 saturated heterocycles. The van der Waals surface area contributed by atoms with E-state index >= 15 is 0 Å². The minimum absolute atomic E-state index is 0.337. The second-order valence-electron chi connectivity index (χ2n) is 6.84. The quantitative estimate of drug-likeness (QED) is 0.806. The van der Waals surface area contributed by atoms with Gasteiger partial charge >= 0.3 is 0 Å². The van der Waals surface area contributed by atoms with Crippen LogP contribution in [0.1, 0.15) is 43.0 Å². The van der Waals surface area contributed by atoms with Gasteiger partial charge in [0.25, 0.3) is 0 Å². The fourth-order valence-corrected chi connectivity index (χ4v) is 3.49. The first-order valence-electron chi connectivity index (χ1n) is 8.45. The van der Waals surface area contributed by atoms with Crippen LogP contribution in [-0.2, 0) is 6.42 Å². The Bertz CT molecular complexity index is 701. The van der Waals surface area contributed by atoms with E-state index in [1.165, 1.54) is 16.7 Å². The molecule has 1 aromatic carbocycles. The van der Waals surface area contributed by atoms with Crippen LogP contribution in [0.3, 0.4) is 0 Å². The third-order valence-electron chi connectivity index (χ3n) is 5.08. The fraction of sp³-hybridized carbons (Fsp3) is 0.381. The molecule has 0 radical (unpaired) electrons. The average molecular weight is 306 g/mol. The fourth-order valence-electron chi connectivity index (χ4n) is 3.49. The topological polar surface area (TPSA) is 16.1 Å². The number of allylic oxidation sites excluding steroid dienone is 1. The second-order valence-corrected chi connectivity index (χ2v) is 6.84. The lowest BCUT2D eigenvalue weighted by Crippen LogP contribution is -2.25. The minimum atomic E-state index is 0.337. The maximum absolute atomic E-state index is 4.60. The first-order valence-corrected chi connectivity index (χ1v) is 8.45. The molecule has 1 aliphatic carbocycles. The van der Waals surface area contributed by atoms with Gasteiger partial charge in [-0.3, -0.25) is 4.98 Å². The molecule has 0 spiro atoms. The highest BCUT2D eigenvalue weighted by atomic mass is 15.1. The zero-order chi connectivity index (χ0) is 16.4. The maximum atomic E-state index is 4.60. The molecule has 120 valence electrons. The van der Waals surface area contributed by atoms with Crippen LogP contribution in [-0.4, -0.2) is 30.0 Å². The van der Waals surface area contributed by atoms with Crippen molar-refractivity contribution in [3.05, 3.63) is 71.1 Å². The normalized spacial score (nSPS) is 16.6. The van der Waals surface area contributed by atoms with E-state index in [1.54, 1.807) is 5.57 Å². The molecule has 2 nitrogen and oxygen atoms in total. The molecule has 0 N–H and O–H groups in total. The highest BCUT2D eigenvalue weighted by Crippen LogP contribution is 2.43. The Morgan fingerprint density at radius 3 is 2.48 bits per heavy atom. The van der Waals surface area contributed by atoms with Crippen molar-refractivity contribution in [1.82, 2.24) is 9.88 Å². The predicted molar refractivity (Wildman–Crippen MR) is 97.5 cm³/mol. The molecule has 0 saturated carbocycles. The first-order chi connectivity index (χ1) is 11.1. The molecule has 0 amide bonds. The van der Waals surface area contributed by atoms with Gasteiger partial charge in [0.1, 0.15) is 0 Å². The van der Waals surface area contributed by atoms with Gasteiger partial charge in [-0.15, -0.1) is 0 Å². The van der Waals surface area contributed by atoms with E-state index in [0.29, 0.717) is 12.0 Å². The number of pyridine rings is 1. The Morgan fingerprint density at radius 2 is 1.78 bits per heavy atom. The highest BCUT2D eigenvalue weighted by Gasteiger charge is 2.27. The van der Waals surface area contributed by atoms with Crippen LogP contribution >= 0.6 is 0 Å². The first kappa shape index (κ1) is 15.9. The number of hydrogen-bond acceptors (Lipinski definition) is 2. The van der Waals surface area contributed by atoms with Gasteiger partial charge in [-0.2, -0.15) is 0 Å². The molecular weight excluding hydrogens is 280 g/mol. The van der Waals surface area contributed by atoms with Crippen molar-refractivity contribution in [1.29, 1.82) is 0 Å². The van der Waals surface area contributed by atoms with Crippen LogP contribution < -0.4 is 0 Å². The van der Waals surface area contributed by atoms with Gasteiger partial charge in [-0.25, -0.2) is 0 Å². The van der Waals surface area contributed by atoms with E-state index in [-0.39, 0.29) is 0 Å². The monoisotopic (exact) mass is 306 g/mol. The highest BCUT2D eigenvalue weighted by molar-refractivity contribution is 5.80. The summed E-state index contributed by atoms with van der Waals surface area (Å²) in [5.74, 6) is 0.337. The molecule has 1 aliphatic rings. The molecule has 23 heavy (non-hydrogen) atoms.